The summed E-state index contributed by atoms with van der Waals surface area (Å²) in [6.07, 6.45) is 0. The van der Waals surface area contributed by atoms with Crippen molar-refractivity contribution in [3.63, 3.8) is 0 Å². The molecule has 1 saturated heterocycles. The number of halogens is 2. The van der Waals surface area contributed by atoms with Crippen LogP contribution < -0.4 is 17.0 Å². The minimum Gasteiger partial charge on any atom is -1.00 e. The van der Waals surface area contributed by atoms with E-state index >= 15 is 0 Å². The van der Waals surface area contributed by atoms with Gasteiger partial charge in [-0.3, -0.25) is 4.90 Å². The Balaban J connectivity index is 0.00000144. The van der Waals surface area contributed by atoms with Crippen molar-refractivity contribution in [3.05, 3.63) is 35.6 Å². The van der Waals surface area contributed by atoms with Crippen molar-refractivity contribution in [2.24, 2.45) is 0 Å². The fourth-order valence-corrected chi connectivity index (χ4v) is 2.08. The molecule has 0 spiro atoms. The third-order valence-electron chi connectivity index (χ3n) is 3.13. The summed E-state index contributed by atoms with van der Waals surface area (Å²) in [5.41, 5.74) is 0.949. The molecule has 0 radical (unpaired) electrons. The van der Waals surface area contributed by atoms with Gasteiger partial charge in [-0.1, -0.05) is 6.92 Å². The van der Waals surface area contributed by atoms with Gasteiger partial charge in [0.15, 0.2) is 0 Å². The van der Waals surface area contributed by atoms with Crippen molar-refractivity contribution >= 4 is 23.1 Å². The van der Waals surface area contributed by atoms with Gasteiger partial charge in [-0.05, 0) is 6.54 Å². The molecule has 0 bridgehead atoms. The van der Waals surface area contributed by atoms with Crippen LogP contribution in [0.5, 0.6) is 0 Å². The second-order valence-corrected chi connectivity index (χ2v) is 4.24. The van der Waals surface area contributed by atoms with Gasteiger partial charge < -0.3 is 21.9 Å². The third-order valence-corrected chi connectivity index (χ3v) is 3.13. The Hall–Kier alpha value is 0.316. The SMILES string of the molecule is CCN1CCN(Cc2[c-]ccc(F)c2)CC1.[Br-].[Mg+2]. The van der Waals surface area contributed by atoms with E-state index in [1.807, 2.05) is 0 Å². The van der Waals surface area contributed by atoms with E-state index in [0.717, 1.165) is 44.8 Å². The van der Waals surface area contributed by atoms with E-state index in [4.69, 9.17) is 0 Å². The Morgan fingerprint density at radius 3 is 2.39 bits per heavy atom. The standard InChI is InChI=1S/C13H18FN2.BrH.Mg/c1-2-15-6-8-16(9-7-15)11-12-4-3-5-13(14)10-12;;/h3,5,10H,2,6-9,11H2,1H3;1H;/q-1;;+2/p-1. The van der Waals surface area contributed by atoms with Crippen LogP contribution in [0.3, 0.4) is 0 Å². The molecule has 0 unspecified atom stereocenters. The summed E-state index contributed by atoms with van der Waals surface area (Å²) in [5.74, 6) is -0.166. The molecule has 1 aliphatic rings. The molecule has 0 amide bonds. The van der Waals surface area contributed by atoms with Crippen LogP contribution in [-0.4, -0.2) is 65.6 Å². The van der Waals surface area contributed by atoms with Crippen LogP contribution >= 0.6 is 0 Å². The van der Waals surface area contributed by atoms with Gasteiger partial charge in [0.05, 0.1) is 0 Å². The Morgan fingerprint density at radius 1 is 1.22 bits per heavy atom. The monoisotopic (exact) mass is 324 g/mol. The maximum Gasteiger partial charge on any atom is 2.00 e. The number of benzene rings is 1. The number of nitrogens with zero attached hydrogens (tertiary/aromatic N) is 2. The van der Waals surface area contributed by atoms with Gasteiger partial charge in [-0.15, -0.1) is 17.7 Å². The van der Waals surface area contributed by atoms with Crippen LogP contribution in [0, 0.1) is 11.9 Å². The Bertz CT molecular complexity index is 344. The predicted molar refractivity (Wildman–Crippen MR) is 68.4 cm³/mol. The van der Waals surface area contributed by atoms with E-state index in [2.05, 4.69) is 22.8 Å². The fraction of sp³-hybridized carbons (Fsp3) is 0.538. The summed E-state index contributed by atoms with van der Waals surface area (Å²) in [4.78, 5) is 4.79. The van der Waals surface area contributed by atoms with Crippen LogP contribution in [0.15, 0.2) is 18.2 Å². The normalized spacial score (nSPS) is 16.8. The van der Waals surface area contributed by atoms with E-state index < -0.39 is 0 Å². The molecule has 0 aliphatic carbocycles. The summed E-state index contributed by atoms with van der Waals surface area (Å²) < 4.78 is 13.0. The number of rotatable bonds is 3. The largest absolute Gasteiger partial charge is 2.00 e. The quantitative estimate of drug-likeness (QED) is 0.487. The first kappa shape index (κ1) is 18.3. The minimum absolute atomic E-state index is 0. The van der Waals surface area contributed by atoms with Gasteiger partial charge in [0.25, 0.3) is 0 Å². The Morgan fingerprint density at radius 2 is 1.83 bits per heavy atom. The van der Waals surface area contributed by atoms with Crippen molar-refractivity contribution < 1.29 is 21.4 Å². The number of piperazine rings is 1. The van der Waals surface area contributed by atoms with Crippen LogP contribution in [0.4, 0.5) is 4.39 Å². The molecule has 2 rings (SSSR count). The summed E-state index contributed by atoms with van der Waals surface area (Å²) in [5, 5.41) is 0. The molecule has 1 aromatic carbocycles. The van der Waals surface area contributed by atoms with E-state index in [0.29, 0.717) is 0 Å². The molecular weight excluding hydrogens is 307 g/mol. The zero-order valence-corrected chi connectivity index (χ0v) is 13.8. The molecule has 0 aromatic heterocycles. The van der Waals surface area contributed by atoms with Gasteiger partial charge in [-0.25, -0.2) is 4.39 Å². The van der Waals surface area contributed by atoms with Crippen molar-refractivity contribution in [1.29, 1.82) is 0 Å². The molecule has 18 heavy (non-hydrogen) atoms. The van der Waals surface area contributed by atoms with Crippen molar-refractivity contribution in [2.45, 2.75) is 13.5 Å². The Kier molecular flexibility index (Phi) is 9.42. The first-order chi connectivity index (χ1) is 7.78. The molecule has 5 heteroatoms. The second kappa shape index (κ2) is 9.26. The van der Waals surface area contributed by atoms with E-state index in [9.17, 15) is 4.39 Å². The average molecular weight is 326 g/mol. The smallest absolute Gasteiger partial charge is 1.00 e. The third kappa shape index (κ3) is 5.53. The van der Waals surface area contributed by atoms with Gasteiger partial charge in [-0.2, -0.15) is 12.1 Å². The first-order valence-corrected chi connectivity index (χ1v) is 5.89. The second-order valence-electron chi connectivity index (χ2n) is 4.24. The molecule has 0 saturated carbocycles. The van der Waals surface area contributed by atoms with Crippen LogP contribution in [0.25, 0.3) is 0 Å². The van der Waals surface area contributed by atoms with Crippen LogP contribution in [0.1, 0.15) is 12.5 Å². The van der Waals surface area contributed by atoms with E-state index in [1.54, 1.807) is 12.1 Å². The van der Waals surface area contributed by atoms with E-state index in [1.165, 1.54) is 6.07 Å². The molecule has 0 atom stereocenters. The molecule has 1 heterocycles. The zero-order valence-electron chi connectivity index (χ0n) is 10.8. The molecule has 1 fully saturated rings. The summed E-state index contributed by atoms with van der Waals surface area (Å²) in [6, 6.07) is 7.76. The Labute approximate surface area is 135 Å². The molecule has 1 aromatic rings. The first-order valence-electron chi connectivity index (χ1n) is 5.89. The fourth-order valence-electron chi connectivity index (χ4n) is 2.08. The summed E-state index contributed by atoms with van der Waals surface area (Å²) in [7, 11) is 0. The topological polar surface area (TPSA) is 6.48 Å². The van der Waals surface area contributed by atoms with Gasteiger partial charge >= 0.3 is 23.1 Å². The molecule has 2 nitrogen and oxygen atoms in total. The zero-order chi connectivity index (χ0) is 11.4. The number of likely N-dealkylation sites (N-methyl/N-ethyl adjacent to an activating group) is 1. The number of hydrogen-bond acceptors (Lipinski definition) is 2. The van der Waals surface area contributed by atoms with Gasteiger partial charge in [0.1, 0.15) is 0 Å². The predicted octanol–water partition coefficient (Wildman–Crippen LogP) is -1.61. The maximum absolute atomic E-state index is 13.0. The van der Waals surface area contributed by atoms with Crippen molar-refractivity contribution in [1.82, 2.24) is 9.80 Å². The molecule has 96 valence electrons. The maximum atomic E-state index is 13.0. The summed E-state index contributed by atoms with van der Waals surface area (Å²) in [6.45, 7) is 8.50. The van der Waals surface area contributed by atoms with E-state index in [-0.39, 0.29) is 45.9 Å². The van der Waals surface area contributed by atoms with Gasteiger partial charge in [0, 0.05) is 38.5 Å². The minimum atomic E-state index is -0.166. The van der Waals surface area contributed by atoms with Gasteiger partial charge in [0.2, 0.25) is 0 Å². The average Bonchev–Trinajstić information content (AvgIpc) is 2.30. The summed E-state index contributed by atoms with van der Waals surface area (Å²) >= 11 is 0. The molecule has 0 N–H and O–H groups in total. The van der Waals surface area contributed by atoms with Crippen molar-refractivity contribution in [3.8, 4) is 0 Å². The molecular formula is C13H18BrFMgN2. The van der Waals surface area contributed by atoms with Crippen LogP contribution in [0.2, 0.25) is 0 Å². The molecule has 1 aliphatic heterocycles. The van der Waals surface area contributed by atoms with Crippen LogP contribution in [-0.2, 0) is 6.54 Å². The number of hydrogen-bond donors (Lipinski definition) is 0. The van der Waals surface area contributed by atoms with Crippen molar-refractivity contribution in [2.75, 3.05) is 32.7 Å².